The van der Waals surface area contributed by atoms with E-state index < -0.39 is 11.6 Å². The van der Waals surface area contributed by atoms with Gasteiger partial charge in [-0.3, -0.25) is 19.3 Å². The summed E-state index contributed by atoms with van der Waals surface area (Å²) in [6.45, 7) is 4.73. The van der Waals surface area contributed by atoms with Crippen molar-refractivity contribution in [2.24, 2.45) is 0 Å². The average molecular weight is 642 g/mol. The predicted octanol–water partition coefficient (Wildman–Crippen LogP) is 4.27. The van der Waals surface area contributed by atoms with Crippen LogP contribution in [0.25, 0.3) is 10.1 Å². The lowest BCUT2D eigenvalue weighted by Crippen LogP contribution is -2.61. The van der Waals surface area contributed by atoms with Crippen LogP contribution in [0.1, 0.15) is 47.3 Å². The Balaban J connectivity index is 1.25. The SMILES string of the molecule is O=C(NC1(C(=O)N[C@H](Cc2ccccc2)C(=O)NCCCN2CCOCC2)CCCC1)c1cc2ccc(Br)cc2s1. The second kappa shape index (κ2) is 13.9. The molecule has 1 aliphatic carbocycles. The van der Waals surface area contributed by atoms with Crippen LogP contribution in [-0.2, 0) is 20.7 Å². The summed E-state index contributed by atoms with van der Waals surface area (Å²) in [6, 6.07) is 16.7. The minimum atomic E-state index is -1.04. The number of amides is 3. The molecule has 1 aromatic heterocycles. The van der Waals surface area contributed by atoms with Crippen LogP contribution in [0.2, 0.25) is 0 Å². The normalized spacial score (nSPS) is 17.7. The number of thiophene rings is 1. The number of ether oxygens (including phenoxy) is 1. The molecule has 10 heteroatoms. The zero-order valence-electron chi connectivity index (χ0n) is 23.1. The minimum absolute atomic E-state index is 0.210. The van der Waals surface area contributed by atoms with Crippen LogP contribution in [0, 0.1) is 0 Å². The Morgan fingerprint density at radius 3 is 2.54 bits per heavy atom. The quantitative estimate of drug-likeness (QED) is 0.272. The summed E-state index contributed by atoms with van der Waals surface area (Å²) in [6.07, 6.45) is 3.95. The van der Waals surface area contributed by atoms with Gasteiger partial charge in [0.15, 0.2) is 0 Å². The summed E-state index contributed by atoms with van der Waals surface area (Å²) in [7, 11) is 0. The molecule has 1 aliphatic heterocycles. The highest BCUT2D eigenvalue weighted by Gasteiger charge is 2.44. The first-order chi connectivity index (χ1) is 19.9. The number of benzene rings is 2. The van der Waals surface area contributed by atoms with Gasteiger partial charge in [0.25, 0.3) is 5.91 Å². The Labute approximate surface area is 253 Å². The molecule has 0 unspecified atom stereocenters. The number of hydrogen-bond acceptors (Lipinski definition) is 6. The molecule has 218 valence electrons. The molecule has 0 spiro atoms. The third-order valence-corrected chi connectivity index (χ3v) is 9.50. The molecule has 41 heavy (non-hydrogen) atoms. The third-order valence-electron chi connectivity index (χ3n) is 7.91. The van der Waals surface area contributed by atoms with Crippen LogP contribution < -0.4 is 16.0 Å². The van der Waals surface area contributed by atoms with Gasteiger partial charge in [-0.1, -0.05) is 65.2 Å². The molecular formula is C31H37BrN4O4S. The van der Waals surface area contributed by atoms with E-state index in [1.165, 1.54) is 11.3 Å². The summed E-state index contributed by atoms with van der Waals surface area (Å²) in [5, 5.41) is 10.1. The number of morpholine rings is 1. The Kier molecular flexibility index (Phi) is 10.1. The second-order valence-electron chi connectivity index (χ2n) is 10.9. The fourth-order valence-corrected chi connectivity index (χ4v) is 7.11. The van der Waals surface area contributed by atoms with Gasteiger partial charge in [0.2, 0.25) is 11.8 Å². The van der Waals surface area contributed by atoms with Gasteiger partial charge in [0.05, 0.1) is 18.1 Å². The minimum Gasteiger partial charge on any atom is -0.379 e. The van der Waals surface area contributed by atoms with Gasteiger partial charge in [-0.15, -0.1) is 11.3 Å². The molecule has 2 aromatic carbocycles. The summed E-state index contributed by atoms with van der Waals surface area (Å²) < 4.78 is 7.36. The van der Waals surface area contributed by atoms with E-state index in [2.05, 4.69) is 36.8 Å². The summed E-state index contributed by atoms with van der Waals surface area (Å²) in [5.74, 6) is -0.762. The van der Waals surface area contributed by atoms with Crippen LogP contribution >= 0.6 is 27.3 Å². The standard InChI is InChI=1S/C31H37BrN4O4S/c32-24-10-9-23-20-27(41-26(23)21-24)29(38)35-31(11-4-5-12-31)30(39)34-25(19-22-7-2-1-3-8-22)28(37)33-13-6-14-36-15-17-40-18-16-36/h1-3,7-10,20-21,25H,4-6,11-19H2,(H,33,37)(H,34,39)(H,35,38)/t25-/m1/s1. The van der Waals surface area contributed by atoms with Crippen molar-refractivity contribution in [1.82, 2.24) is 20.9 Å². The molecule has 2 heterocycles. The molecular weight excluding hydrogens is 604 g/mol. The predicted molar refractivity (Wildman–Crippen MR) is 165 cm³/mol. The largest absolute Gasteiger partial charge is 0.379 e. The van der Waals surface area contributed by atoms with Crippen LogP contribution in [-0.4, -0.2) is 73.6 Å². The first-order valence-corrected chi connectivity index (χ1v) is 16.0. The van der Waals surface area contributed by atoms with Crippen molar-refractivity contribution in [3.8, 4) is 0 Å². The summed E-state index contributed by atoms with van der Waals surface area (Å²) in [4.78, 5) is 43.5. The van der Waals surface area contributed by atoms with Crippen LogP contribution in [0.15, 0.2) is 59.1 Å². The molecule has 2 fully saturated rings. The molecule has 3 N–H and O–H groups in total. The molecule has 0 radical (unpaired) electrons. The molecule has 8 nitrogen and oxygen atoms in total. The number of nitrogens with one attached hydrogen (secondary N) is 3. The molecule has 0 bridgehead atoms. The van der Waals surface area contributed by atoms with Gasteiger partial charge in [-0.25, -0.2) is 0 Å². The molecule has 5 rings (SSSR count). The van der Waals surface area contributed by atoms with E-state index in [1.807, 2.05) is 54.6 Å². The van der Waals surface area contributed by atoms with Gasteiger partial charge < -0.3 is 20.7 Å². The Bertz CT molecular complexity index is 1350. The zero-order chi connectivity index (χ0) is 28.7. The Morgan fingerprint density at radius 2 is 1.78 bits per heavy atom. The number of nitrogens with zero attached hydrogens (tertiary/aromatic N) is 1. The van der Waals surface area contributed by atoms with Crippen molar-refractivity contribution in [2.75, 3.05) is 39.4 Å². The number of carbonyl (C=O) groups excluding carboxylic acids is 3. The third kappa shape index (κ3) is 7.74. The maximum Gasteiger partial charge on any atom is 0.262 e. The fraction of sp³-hybridized carbons (Fsp3) is 0.452. The van der Waals surface area contributed by atoms with E-state index in [4.69, 9.17) is 4.74 Å². The van der Waals surface area contributed by atoms with Gasteiger partial charge in [0.1, 0.15) is 11.6 Å². The highest BCUT2D eigenvalue weighted by molar-refractivity contribution is 9.10. The number of fused-ring (bicyclic) bond motifs is 1. The number of hydrogen-bond donors (Lipinski definition) is 3. The van der Waals surface area contributed by atoms with Crippen molar-refractivity contribution < 1.29 is 19.1 Å². The van der Waals surface area contributed by atoms with E-state index in [-0.39, 0.29) is 17.7 Å². The highest BCUT2D eigenvalue weighted by atomic mass is 79.9. The molecule has 2 aliphatic rings. The number of rotatable bonds is 11. The van der Waals surface area contributed by atoms with Gasteiger partial charge in [-0.05, 0) is 55.0 Å². The van der Waals surface area contributed by atoms with Gasteiger partial charge >= 0.3 is 0 Å². The maximum absolute atomic E-state index is 13.9. The van der Waals surface area contributed by atoms with E-state index in [1.54, 1.807) is 0 Å². The van der Waals surface area contributed by atoms with Gasteiger partial charge in [-0.2, -0.15) is 0 Å². The lowest BCUT2D eigenvalue weighted by molar-refractivity contribution is -0.132. The van der Waals surface area contributed by atoms with Crippen LogP contribution in [0.5, 0.6) is 0 Å². The topological polar surface area (TPSA) is 99.8 Å². The average Bonchev–Trinajstić information content (AvgIpc) is 3.64. The van der Waals surface area contributed by atoms with E-state index in [0.717, 1.165) is 72.2 Å². The number of halogens is 1. The molecule has 3 amide bonds. The van der Waals surface area contributed by atoms with E-state index in [0.29, 0.717) is 30.7 Å². The lowest BCUT2D eigenvalue weighted by Gasteiger charge is -2.31. The Morgan fingerprint density at radius 1 is 1.02 bits per heavy atom. The second-order valence-corrected chi connectivity index (χ2v) is 12.8. The van der Waals surface area contributed by atoms with Crippen molar-refractivity contribution in [2.45, 2.75) is 50.1 Å². The maximum atomic E-state index is 13.9. The van der Waals surface area contributed by atoms with E-state index in [9.17, 15) is 14.4 Å². The zero-order valence-corrected chi connectivity index (χ0v) is 25.5. The molecule has 1 atom stereocenters. The fourth-order valence-electron chi connectivity index (χ4n) is 5.60. The van der Waals surface area contributed by atoms with Crippen molar-refractivity contribution in [1.29, 1.82) is 0 Å². The Hall–Kier alpha value is -2.79. The first-order valence-electron chi connectivity index (χ1n) is 14.4. The molecule has 1 saturated heterocycles. The van der Waals surface area contributed by atoms with Crippen LogP contribution in [0.3, 0.4) is 0 Å². The van der Waals surface area contributed by atoms with Gasteiger partial charge in [0, 0.05) is 35.2 Å². The highest BCUT2D eigenvalue weighted by Crippen LogP contribution is 2.33. The summed E-state index contributed by atoms with van der Waals surface area (Å²) in [5.41, 5.74) is -0.0819. The van der Waals surface area contributed by atoms with Crippen LogP contribution in [0.4, 0.5) is 0 Å². The van der Waals surface area contributed by atoms with E-state index >= 15 is 0 Å². The van der Waals surface area contributed by atoms with Crippen molar-refractivity contribution in [3.05, 3.63) is 69.5 Å². The molecule has 1 saturated carbocycles. The molecule has 3 aromatic rings. The van der Waals surface area contributed by atoms with Crippen molar-refractivity contribution >= 4 is 55.1 Å². The monoisotopic (exact) mass is 640 g/mol. The number of carbonyl (C=O) groups is 3. The van der Waals surface area contributed by atoms with Crippen molar-refractivity contribution in [3.63, 3.8) is 0 Å². The first kappa shape index (κ1) is 29.7. The summed E-state index contributed by atoms with van der Waals surface area (Å²) >= 11 is 4.89. The lowest BCUT2D eigenvalue weighted by atomic mass is 9.94. The smallest absolute Gasteiger partial charge is 0.262 e.